The van der Waals surface area contributed by atoms with Gasteiger partial charge in [0.2, 0.25) is 0 Å². The van der Waals surface area contributed by atoms with Gasteiger partial charge in [-0.15, -0.1) is 0 Å². The fraction of sp³-hybridized carbons (Fsp3) is 0.286. The molecule has 0 radical (unpaired) electrons. The lowest BCUT2D eigenvalue weighted by molar-refractivity contribution is -0.137. The zero-order valence-corrected chi connectivity index (χ0v) is 11.1. The monoisotopic (exact) mass is 264 g/mol. The van der Waals surface area contributed by atoms with Crippen molar-refractivity contribution < 1.29 is 23.8 Å². The van der Waals surface area contributed by atoms with Crippen LogP contribution in [0, 0.1) is 0 Å². The number of esters is 2. The molecule has 0 aliphatic heterocycles. The third-order valence-corrected chi connectivity index (χ3v) is 2.15. The van der Waals surface area contributed by atoms with Gasteiger partial charge in [0.05, 0.1) is 13.7 Å². The minimum Gasteiger partial charge on any atom is -0.496 e. The Morgan fingerprint density at radius 2 is 2.05 bits per heavy atom. The molecule has 19 heavy (non-hydrogen) atoms. The SMILES string of the molecule is CCOC(=O)/C=C/c1ccc(OC(C)=O)cc1OC. The number of carbonyl (C=O) groups is 2. The smallest absolute Gasteiger partial charge is 0.330 e. The van der Waals surface area contributed by atoms with Crippen LogP contribution in [-0.4, -0.2) is 25.7 Å². The molecule has 0 fully saturated rings. The molecule has 1 aromatic rings. The Hall–Kier alpha value is -2.30. The zero-order valence-electron chi connectivity index (χ0n) is 11.1. The highest BCUT2D eigenvalue weighted by molar-refractivity contribution is 5.87. The van der Waals surface area contributed by atoms with Crippen molar-refractivity contribution in [2.24, 2.45) is 0 Å². The summed E-state index contributed by atoms with van der Waals surface area (Å²) in [6.45, 7) is 3.38. The minimum absolute atomic E-state index is 0.325. The van der Waals surface area contributed by atoms with Crippen molar-refractivity contribution in [2.45, 2.75) is 13.8 Å². The van der Waals surface area contributed by atoms with Gasteiger partial charge in [0.25, 0.3) is 0 Å². The summed E-state index contributed by atoms with van der Waals surface area (Å²) >= 11 is 0. The average molecular weight is 264 g/mol. The predicted octanol–water partition coefficient (Wildman–Crippen LogP) is 2.20. The molecule has 102 valence electrons. The third kappa shape index (κ3) is 4.83. The molecule has 1 rings (SSSR count). The highest BCUT2D eigenvalue weighted by Gasteiger charge is 2.05. The molecule has 0 saturated carbocycles. The van der Waals surface area contributed by atoms with E-state index in [9.17, 15) is 9.59 Å². The molecule has 0 aromatic heterocycles. The summed E-state index contributed by atoms with van der Waals surface area (Å²) in [5.41, 5.74) is 0.687. The molecule has 0 aliphatic carbocycles. The van der Waals surface area contributed by atoms with E-state index in [2.05, 4.69) is 0 Å². The zero-order chi connectivity index (χ0) is 14.3. The van der Waals surface area contributed by atoms with Gasteiger partial charge in [0.1, 0.15) is 11.5 Å². The van der Waals surface area contributed by atoms with Crippen LogP contribution in [0.4, 0.5) is 0 Å². The molecular weight excluding hydrogens is 248 g/mol. The molecule has 0 unspecified atom stereocenters. The fourth-order valence-corrected chi connectivity index (χ4v) is 1.41. The molecule has 0 N–H and O–H groups in total. The molecule has 0 aliphatic rings. The molecule has 5 nitrogen and oxygen atoms in total. The second-order valence-corrected chi connectivity index (χ2v) is 3.58. The number of hydrogen-bond donors (Lipinski definition) is 0. The summed E-state index contributed by atoms with van der Waals surface area (Å²) in [4.78, 5) is 22.1. The lowest BCUT2D eigenvalue weighted by atomic mass is 10.1. The van der Waals surface area contributed by atoms with Gasteiger partial charge >= 0.3 is 11.9 Å². The van der Waals surface area contributed by atoms with Gasteiger partial charge < -0.3 is 14.2 Å². The van der Waals surface area contributed by atoms with Gasteiger partial charge in [-0.1, -0.05) is 0 Å². The maximum Gasteiger partial charge on any atom is 0.330 e. The topological polar surface area (TPSA) is 61.8 Å². The number of methoxy groups -OCH3 is 1. The summed E-state index contributed by atoms with van der Waals surface area (Å²) < 4.78 is 14.9. The van der Waals surface area contributed by atoms with Crippen molar-refractivity contribution in [2.75, 3.05) is 13.7 Å². The molecule has 0 bridgehead atoms. The first-order chi connectivity index (χ1) is 9.06. The van der Waals surface area contributed by atoms with Gasteiger partial charge in [0, 0.05) is 24.6 Å². The first-order valence-corrected chi connectivity index (χ1v) is 5.78. The van der Waals surface area contributed by atoms with E-state index in [0.29, 0.717) is 23.7 Å². The van der Waals surface area contributed by atoms with Crippen LogP contribution < -0.4 is 9.47 Å². The Bertz CT molecular complexity index is 491. The minimum atomic E-state index is -0.423. The Kier molecular flexibility index (Phi) is 5.60. The van der Waals surface area contributed by atoms with E-state index in [0.717, 1.165) is 0 Å². The van der Waals surface area contributed by atoms with Crippen molar-refractivity contribution in [3.8, 4) is 11.5 Å². The molecular formula is C14H16O5. The molecule has 0 amide bonds. The summed E-state index contributed by atoms with van der Waals surface area (Å²) in [5, 5.41) is 0. The van der Waals surface area contributed by atoms with Crippen LogP contribution in [0.15, 0.2) is 24.3 Å². The van der Waals surface area contributed by atoms with Crippen LogP contribution in [0.25, 0.3) is 6.08 Å². The molecule has 5 heteroatoms. The second-order valence-electron chi connectivity index (χ2n) is 3.58. The van der Waals surface area contributed by atoms with Gasteiger partial charge in [0.15, 0.2) is 0 Å². The predicted molar refractivity (Wildman–Crippen MR) is 70.0 cm³/mol. The third-order valence-electron chi connectivity index (χ3n) is 2.15. The van der Waals surface area contributed by atoms with Crippen LogP contribution in [0.3, 0.4) is 0 Å². The van der Waals surface area contributed by atoms with Crippen molar-refractivity contribution in [1.82, 2.24) is 0 Å². The Morgan fingerprint density at radius 3 is 2.63 bits per heavy atom. The maximum atomic E-state index is 11.2. The quantitative estimate of drug-likeness (QED) is 0.463. The largest absolute Gasteiger partial charge is 0.496 e. The highest BCUT2D eigenvalue weighted by atomic mass is 16.5. The van der Waals surface area contributed by atoms with Crippen LogP contribution in [-0.2, 0) is 14.3 Å². The van der Waals surface area contributed by atoms with Gasteiger partial charge in [-0.3, -0.25) is 4.79 Å². The van der Waals surface area contributed by atoms with E-state index >= 15 is 0 Å². The van der Waals surface area contributed by atoms with Gasteiger partial charge in [-0.2, -0.15) is 0 Å². The fourth-order valence-electron chi connectivity index (χ4n) is 1.41. The van der Waals surface area contributed by atoms with Crippen molar-refractivity contribution in [3.05, 3.63) is 29.8 Å². The first kappa shape index (κ1) is 14.8. The lowest BCUT2D eigenvalue weighted by Crippen LogP contribution is -2.02. The van der Waals surface area contributed by atoms with E-state index in [4.69, 9.17) is 14.2 Å². The number of benzene rings is 1. The van der Waals surface area contributed by atoms with Crippen LogP contribution in [0.5, 0.6) is 11.5 Å². The van der Waals surface area contributed by atoms with Crippen LogP contribution in [0.2, 0.25) is 0 Å². The number of rotatable bonds is 5. The average Bonchev–Trinajstić information content (AvgIpc) is 2.36. The van der Waals surface area contributed by atoms with Crippen molar-refractivity contribution >= 4 is 18.0 Å². The molecule has 0 atom stereocenters. The second kappa shape index (κ2) is 7.20. The molecule has 1 aromatic carbocycles. The summed E-state index contributed by atoms with van der Waals surface area (Å²) in [6.07, 6.45) is 2.89. The maximum absolute atomic E-state index is 11.2. The van der Waals surface area contributed by atoms with Gasteiger partial charge in [-0.25, -0.2) is 4.79 Å². The normalized spacial score (nSPS) is 10.3. The lowest BCUT2D eigenvalue weighted by Gasteiger charge is -2.07. The molecule has 0 heterocycles. The van der Waals surface area contributed by atoms with Crippen LogP contribution >= 0.6 is 0 Å². The Morgan fingerprint density at radius 1 is 1.32 bits per heavy atom. The Labute approximate surface area is 111 Å². The summed E-state index contributed by atoms with van der Waals surface area (Å²) in [6, 6.07) is 4.88. The van der Waals surface area contributed by atoms with E-state index < -0.39 is 11.9 Å². The van der Waals surface area contributed by atoms with Crippen molar-refractivity contribution in [1.29, 1.82) is 0 Å². The van der Waals surface area contributed by atoms with E-state index in [1.807, 2.05) is 0 Å². The number of ether oxygens (including phenoxy) is 3. The Balaban J connectivity index is 2.89. The first-order valence-electron chi connectivity index (χ1n) is 5.78. The van der Waals surface area contributed by atoms with Crippen molar-refractivity contribution in [3.63, 3.8) is 0 Å². The van der Waals surface area contributed by atoms with E-state index in [-0.39, 0.29) is 0 Å². The number of carbonyl (C=O) groups excluding carboxylic acids is 2. The number of hydrogen-bond acceptors (Lipinski definition) is 5. The molecule has 0 saturated heterocycles. The molecule has 0 spiro atoms. The summed E-state index contributed by atoms with van der Waals surface area (Å²) in [7, 11) is 1.49. The van der Waals surface area contributed by atoms with E-state index in [1.54, 1.807) is 31.2 Å². The van der Waals surface area contributed by atoms with Crippen LogP contribution in [0.1, 0.15) is 19.4 Å². The summed E-state index contributed by atoms with van der Waals surface area (Å²) in [5.74, 6) is 0.0578. The van der Waals surface area contributed by atoms with Gasteiger partial charge in [-0.05, 0) is 25.1 Å². The standard InChI is InChI=1S/C14H16O5/c1-4-18-14(16)8-6-11-5-7-12(19-10(2)15)9-13(11)17-3/h5-9H,4H2,1-3H3/b8-6+. The van der Waals surface area contributed by atoms with E-state index in [1.165, 1.54) is 20.1 Å². The highest BCUT2D eigenvalue weighted by Crippen LogP contribution is 2.25.